The van der Waals surface area contributed by atoms with Crippen LogP contribution in [0.5, 0.6) is 11.6 Å². The average molecular weight is 526 g/mol. The highest BCUT2D eigenvalue weighted by Gasteiger charge is 2.44. The van der Waals surface area contributed by atoms with Crippen LogP contribution in [0.1, 0.15) is 24.5 Å². The fourth-order valence-corrected chi connectivity index (χ4v) is 5.54. The molecule has 0 radical (unpaired) electrons. The molecule has 7 rings (SSSR count). The molecule has 10 heteroatoms. The minimum atomic E-state index is 0.496. The van der Waals surface area contributed by atoms with Crippen LogP contribution in [-0.4, -0.2) is 76.6 Å². The quantitative estimate of drug-likeness (QED) is 0.288. The van der Waals surface area contributed by atoms with E-state index in [0.29, 0.717) is 49.1 Å². The van der Waals surface area contributed by atoms with Crippen LogP contribution >= 0.6 is 0 Å². The lowest BCUT2D eigenvalue weighted by molar-refractivity contribution is -0.00877. The number of hydrogen-bond donors (Lipinski definition) is 0. The average Bonchev–Trinajstić information content (AvgIpc) is 3.40. The third-order valence-electron chi connectivity index (χ3n) is 7.45. The molecule has 200 valence electrons. The molecule has 2 unspecified atom stereocenters. The fourth-order valence-electron chi connectivity index (χ4n) is 5.54. The molecule has 10 nitrogen and oxygen atoms in total. The maximum Gasteiger partial charge on any atom is 0.213 e. The van der Waals surface area contributed by atoms with Crippen molar-refractivity contribution in [2.75, 3.05) is 44.9 Å². The number of anilines is 1. The van der Waals surface area contributed by atoms with Gasteiger partial charge in [0, 0.05) is 68.4 Å². The molecule has 3 fully saturated rings. The Labute approximate surface area is 227 Å². The van der Waals surface area contributed by atoms with Gasteiger partial charge in [0.15, 0.2) is 0 Å². The van der Waals surface area contributed by atoms with Crippen LogP contribution in [0.15, 0.2) is 55.1 Å². The van der Waals surface area contributed by atoms with Crippen molar-refractivity contribution < 1.29 is 14.2 Å². The number of nitrogens with zero attached hydrogens (tertiary/aromatic N) is 7. The first-order valence-electron chi connectivity index (χ1n) is 13.2. The molecule has 0 N–H and O–H groups in total. The van der Waals surface area contributed by atoms with Crippen molar-refractivity contribution in [2.45, 2.75) is 32.0 Å². The standard InChI is InChI=1S/C29H31N7O3/c1-3-38-25-11-26(29-22(12-30)15-33-36(29)19-25)21-5-6-27(31-14-21)34-17-23-10-24(18-34)35(23)16-20-4-7-28(32-13-20)39-9-8-37-2/h4-7,11,13-15,19,23-24H,3,8-10,16-18H2,1-2H3. The number of piperazine rings is 1. The third-order valence-corrected chi connectivity index (χ3v) is 7.45. The van der Waals surface area contributed by atoms with Gasteiger partial charge >= 0.3 is 0 Å². The van der Waals surface area contributed by atoms with Gasteiger partial charge in [-0.15, -0.1) is 0 Å². The maximum absolute atomic E-state index is 9.60. The zero-order valence-electron chi connectivity index (χ0n) is 22.2. The number of fused-ring (bicyclic) bond motifs is 3. The number of ether oxygens (including phenoxy) is 3. The number of methoxy groups -OCH3 is 1. The predicted molar refractivity (Wildman–Crippen MR) is 146 cm³/mol. The van der Waals surface area contributed by atoms with Crippen LogP contribution < -0.4 is 14.4 Å². The summed E-state index contributed by atoms with van der Waals surface area (Å²) in [4.78, 5) is 14.2. The Bertz CT molecular complexity index is 1470. The van der Waals surface area contributed by atoms with Gasteiger partial charge in [0.2, 0.25) is 5.88 Å². The van der Waals surface area contributed by atoms with E-state index < -0.39 is 0 Å². The summed E-state index contributed by atoms with van der Waals surface area (Å²) >= 11 is 0. The Balaban J connectivity index is 1.13. The molecule has 4 aromatic heterocycles. The first-order chi connectivity index (χ1) is 19.2. The van der Waals surface area contributed by atoms with Gasteiger partial charge < -0.3 is 19.1 Å². The van der Waals surface area contributed by atoms with Crippen molar-refractivity contribution in [2.24, 2.45) is 0 Å². The summed E-state index contributed by atoms with van der Waals surface area (Å²) in [6, 6.07) is 13.4. The van der Waals surface area contributed by atoms with E-state index in [1.165, 1.54) is 12.0 Å². The molecule has 0 amide bonds. The number of aromatic nitrogens is 4. The highest BCUT2D eigenvalue weighted by molar-refractivity contribution is 5.85. The van der Waals surface area contributed by atoms with E-state index in [1.807, 2.05) is 31.5 Å². The summed E-state index contributed by atoms with van der Waals surface area (Å²) in [5, 5.41) is 13.9. The fraction of sp³-hybridized carbons (Fsp3) is 0.379. The zero-order valence-corrected chi connectivity index (χ0v) is 22.2. The summed E-state index contributed by atoms with van der Waals surface area (Å²) in [5.74, 6) is 2.30. The molecule has 39 heavy (non-hydrogen) atoms. The highest BCUT2D eigenvalue weighted by atomic mass is 16.5. The SMILES string of the molecule is CCOc1cc(-c2ccc(N3CC4CC(C3)N4Cc3ccc(OCCOC)nc3)nc2)c2c(C#N)cnn2c1. The number of piperidine rings is 1. The van der Waals surface area contributed by atoms with Crippen molar-refractivity contribution in [3.8, 4) is 28.8 Å². The maximum atomic E-state index is 9.60. The van der Waals surface area contributed by atoms with Crippen LogP contribution in [-0.2, 0) is 11.3 Å². The topological polar surface area (TPSA) is 101 Å². The van der Waals surface area contributed by atoms with E-state index in [2.05, 4.69) is 44.2 Å². The van der Waals surface area contributed by atoms with Gasteiger partial charge in [-0.3, -0.25) is 4.90 Å². The van der Waals surface area contributed by atoms with E-state index >= 15 is 0 Å². The van der Waals surface area contributed by atoms with Crippen molar-refractivity contribution in [1.82, 2.24) is 24.5 Å². The van der Waals surface area contributed by atoms with E-state index in [0.717, 1.165) is 42.1 Å². The van der Waals surface area contributed by atoms with Gasteiger partial charge in [-0.05, 0) is 37.1 Å². The number of hydrogen-bond acceptors (Lipinski definition) is 9. The van der Waals surface area contributed by atoms with E-state index in [-0.39, 0.29) is 0 Å². The Morgan fingerprint density at radius 3 is 2.59 bits per heavy atom. The Kier molecular flexibility index (Phi) is 7.00. The van der Waals surface area contributed by atoms with Gasteiger partial charge in [-0.2, -0.15) is 10.4 Å². The molecule has 2 bridgehead atoms. The summed E-state index contributed by atoms with van der Waals surface area (Å²) in [6.07, 6.45) is 8.39. The van der Waals surface area contributed by atoms with Gasteiger partial charge in [-0.1, -0.05) is 6.07 Å². The molecular weight excluding hydrogens is 494 g/mol. The lowest BCUT2D eigenvalue weighted by Gasteiger charge is -2.56. The normalized spacial score (nSPS) is 18.5. The van der Waals surface area contributed by atoms with Gasteiger partial charge in [-0.25, -0.2) is 14.5 Å². The summed E-state index contributed by atoms with van der Waals surface area (Å²) < 4.78 is 18.0. The second-order valence-corrected chi connectivity index (χ2v) is 9.86. The van der Waals surface area contributed by atoms with Crippen molar-refractivity contribution in [3.63, 3.8) is 0 Å². The predicted octanol–water partition coefficient (Wildman–Crippen LogP) is 3.55. The Hall–Kier alpha value is -4.20. The lowest BCUT2D eigenvalue weighted by Crippen LogP contribution is -2.68. The minimum Gasteiger partial charge on any atom is -0.492 e. The van der Waals surface area contributed by atoms with Crippen LogP contribution in [0, 0.1) is 11.3 Å². The molecule has 2 atom stereocenters. The number of nitriles is 1. The second-order valence-electron chi connectivity index (χ2n) is 9.86. The molecule has 4 aromatic rings. The van der Waals surface area contributed by atoms with Crippen molar-refractivity contribution in [1.29, 1.82) is 5.26 Å². The van der Waals surface area contributed by atoms with Crippen molar-refractivity contribution >= 4 is 11.3 Å². The first kappa shape index (κ1) is 25.1. The second kappa shape index (κ2) is 10.9. The molecule has 7 heterocycles. The summed E-state index contributed by atoms with van der Waals surface area (Å²) in [6.45, 7) is 6.32. The molecule has 3 aliphatic heterocycles. The van der Waals surface area contributed by atoms with Gasteiger partial charge in [0.05, 0.1) is 36.7 Å². The van der Waals surface area contributed by atoms with Gasteiger partial charge in [0.1, 0.15) is 24.2 Å². The molecule has 3 saturated heterocycles. The Morgan fingerprint density at radius 1 is 1.03 bits per heavy atom. The summed E-state index contributed by atoms with van der Waals surface area (Å²) in [7, 11) is 1.66. The molecule has 0 saturated carbocycles. The highest BCUT2D eigenvalue weighted by Crippen LogP contribution is 2.36. The van der Waals surface area contributed by atoms with Crippen LogP contribution in [0.25, 0.3) is 16.6 Å². The molecule has 3 aliphatic rings. The smallest absolute Gasteiger partial charge is 0.213 e. The molecule has 0 aromatic carbocycles. The monoisotopic (exact) mass is 525 g/mol. The molecule has 0 spiro atoms. The van der Waals surface area contributed by atoms with E-state index in [4.69, 9.17) is 19.2 Å². The van der Waals surface area contributed by atoms with Gasteiger partial charge in [0.25, 0.3) is 0 Å². The lowest BCUT2D eigenvalue weighted by atomic mass is 9.87. The summed E-state index contributed by atoms with van der Waals surface area (Å²) in [5.41, 5.74) is 4.28. The molecule has 0 aliphatic carbocycles. The van der Waals surface area contributed by atoms with E-state index in [9.17, 15) is 5.26 Å². The molecular formula is C29H31N7O3. The first-order valence-corrected chi connectivity index (χ1v) is 13.2. The van der Waals surface area contributed by atoms with Crippen molar-refractivity contribution in [3.05, 3.63) is 66.2 Å². The third kappa shape index (κ3) is 4.99. The van der Waals surface area contributed by atoms with Crippen LogP contribution in [0.4, 0.5) is 5.82 Å². The zero-order chi connectivity index (χ0) is 26.8. The van der Waals surface area contributed by atoms with Crippen LogP contribution in [0.2, 0.25) is 0 Å². The minimum absolute atomic E-state index is 0.496. The van der Waals surface area contributed by atoms with E-state index in [1.54, 1.807) is 24.0 Å². The number of rotatable bonds is 10. The van der Waals surface area contributed by atoms with Crippen LogP contribution in [0.3, 0.4) is 0 Å². The number of pyridine rings is 3. The largest absolute Gasteiger partial charge is 0.492 e. The Morgan fingerprint density at radius 2 is 1.90 bits per heavy atom.